The first-order valence-corrected chi connectivity index (χ1v) is 16.0. The third-order valence-electron chi connectivity index (χ3n) is 3.35. The summed E-state index contributed by atoms with van der Waals surface area (Å²) in [6.07, 6.45) is 0. The zero-order valence-electron chi connectivity index (χ0n) is 14.7. The lowest BCUT2D eigenvalue weighted by atomic mass is 10.3. The third kappa shape index (κ3) is 6.69. The minimum Gasteiger partial charge on any atom is -0.302 e. The molecule has 0 aromatic heterocycles. The number of hydrogen-bond donors (Lipinski definition) is 6. The Labute approximate surface area is 202 Å². The molecule has 6 atom stereocenters. The molecule has 2 aromatic rings. The normalized spacial score (nSPS) is 17.3. The number of hydrogen-bond acceptors (Lipinski definition) is 8. The highest BCUT2D eigenvalue weighted by Crippen LogP contribution is 2.47. The zero-order chi connectivity index (χ0) is 24.3. The monoisotopic (exact) mass is 602 g/mol. The van der Waals surface area contributed by atoms with Crippen LogP contribution in [0.15, 0.2) is 63.4 Å². The average molecular weight is 603 g/mol. The van der Waals surface area contributed by atoms with Crippen LogP contribution in [0.2, 0.25) is 0 Å². The van der Waals surface area contributed by atoms with Crippen molar-refractivity contribution in [3.8, 4) is 0 Å². The van der Waals surface area contributed by atoms with E-state index in [4.69, 9.17) is 0 Å². The van der Waals surface area contributed by atoms with Crippen LogP contribution in [-0.2, 0) is 66.5 Å². The lowest BCUT2D eigenvalue weighted by Crippen LogP contribution is -2.03. The summed E-state index contributed by atoms with van der Waals surface area (Å²) in [6, 6.07) is 3.33. The summed E-state index contributed by atoms with van der Waals surface area (Å²) in [6.45, 7) is 0. The van der Waals surface area contributed by atoms with Crippen LogP contribution in [0.25, 0.3) is 0 Å². The molecule has 0 aliphatic rings. The first-order chi connectivity index (χ1) is 14.8. The van der Waals surface area contributed by atoms with E-state index < -0.39 is 95.9 Å². The van der Waals surface area contributed by atoms with Crippen LogP contribution in [-0.4, -0.2) is 52.6 Å². The molecule has 0 aliphatic heterocycles. The van der Waals surface area contributed by atoms with Gasteiger partial charge in [-0.2, -0.15) is 0 Å². The van der Waals surface area contributed by atoms with Crippen LogP contribution in [0, 0.1) is 0 Å². The molecule has 6 N–H and O–H groups in total. The highest BCUT2D eigenvalue weighted by molar-refractivity contribution is 8.76. The van der Waals surface area contributed by atoms with E-state index in [0.29, 0.717) is 21.6 Å². The fourth-order valence-electron chi connectivity index (χ4n) is 2.07. The number of rotatable bonds is 9. The first kappa shape index (κ1) is 28.0. The quantitative estimate of drug-likeness (QED) is 0.178. The minimum absolute atomic E-state index is 0.329. The molecule has 0 bridgehead atoms. The largest absolute Gasteiger partial charge is 0.302 e. The van der Waals surface area contributed by atoms with Crippen LogP contribution < -0.4 is 0 Å². The standard InChI is InChI=1S/C12H10O12S8/c13-27(14)5-1-7(29(17)18)11(8(2-5)30(19)20)25-26-12-9(31(21)22)3-6(28(15)16)4-10(12)32(23)24/h1-4H,(H,13,14)(H,15,16)(H,17,18)(H,19,20)(H,21,22)(H,23,24). The summed E-state index contributed by atoms with van der Waals surface area (Å²) in [4.78, 5) is -3.69. The van der Waals surface area contributed by atoms with Crippen molar-refractivity contribution in [2.75, 3.05) is 0 Å². The Bertz CT molecular complexity index is 1050. The van der Waals surface area contributed by atoms with Gasteiger partial charge >= 0.3 is 0 Å². The molecular formula is C12H10O12S8. The van der Waals surface area contributed by atoms with E-state index in [9.17, 15) is 52.6 Å². The van der Waals surface area contributed by atoms with Crippen molar-refractivity contribution in [1.82, 2.24) is 0 Å². The van der Waals surface area contributed by atoms with Crippen molar-refractivity contribution >= 4 is 88.1 Å². The predicted molar refractivity (Wildman–Crippen MR) is 119 cm³/mol. The molecule has 6 unspecified atom stereocenters. The lowest BCUT2D eigenvalue weighted by Gasteiger charge is -2.14. The topological polar surface area (TPSA) is 224 Å². The maximum atomic E-state index is 11.7. The van der Waals surface area contributed by atoms with Gasteiger partial charge in [0.05, 0.1) is 39.2 Å². The third-order valence-corrected chi connectivity index (χ3v) is 10.5. The SMILES string of the molecule is O=S(O)c1cc(S(=O)O)c(SSc2c(S(=O)O)cc(S(=O)O)cc2S(=O)O)c(S(=O)O)c1. The Balaban J connectivity index is 2.71. The van der Waals surface area contributed by atoms with Gasteiger partial charge in [-0.05, 0) is 45.9 Å². The molecule has 12 nitrogen and oxygen atoms in total. The van der Waals surface area contributed by atoms with Crippen LogP contribution in [0.4, 0.5) is 0 Å². The molecule has 20 heteroatoms. The smallest absolute Gasteiger partial charge is 0.187 e. The van der Waals surface area contributed by atoms with Crippen LogP contribution in [0.3, 0.4) is 0 Å². The summed E-state index contributed by atoms with van der Waals surface area (Å²) in [7, 11) is 0.963. The molecule has 0 spiro atoms. The lowest BCUT2D eigenvalue weighted by molar-refractivity contribution is 0.549. The van der Waals surface area contributed by atoms with E-state index in [2.05, 4.69) is 0 Å². The van der Waals surface area contributed by atoms with Crippen LogP contribution in [0.1, 0.15) is 0 Å². The molecule has 0 fully saturated rings. The molecule has 178 valence electrons. The van der Waals surface area contributed by atoms with Gasteiger partial charge in [-0.25, -0.2) is 25.3 Å². The van der Waals surface area contributed by atoms with Crippen LogP contribution in [0.5, 0.6) is 0 Å². The van der Waals surface area contributed by atoms with E-state index in [-0.39, 0.29) is 9.79 Å². The summed E-state index contributed by atoms with van der Waals surface area (Å²) in [5, 5.41) is 0. The van der Waals surface area contributed by atoms with E-state index in [0.717, 1.165) is 24.3 Å². The van der Waals surface area contributed by atoms with Crippen molar-refractivity contribution in [2.45, 2.75) is 39.2 Å². The summed E-state index contributed by atoms with van der Waals surface area (Å²) >= 11 is -16.6. The molecule has 0 aliphatic carbocycles. The Kier molecular flexibility index (Phi) is 10.5. The second-order valence-electron chi connectivity index (χ2n) is 5.16. The van der Waals surface area contributed by atoms with Gasteiger partial charge in [-0.1, -0.05) is 0 Å². The maximum Gasteiger partial charge on any atom is 0.187 e. The fraction of sp³-hybridized carbons (Fsp3) is 0. The van der Waals surface area contributed by atoms with Crippen molar-refractivity contribution in [3.05, 3.63) is 24.3 Å². The number of benzene rings is 2. The van der Waals surface area contributed by atoms with Crippen molar-refractivity contribution in [1.29, 1.82) is 0 Å². The first-order valence-electron chi connectivity index (χ1n) is 7.20. The van der Waals surface area contributed by atoms with Crippen molar-refractivity contribution in [2.24, 2.45) is 0 Å². The second-order valence-corrected chi connectivity index (χ2v) is 13.0. The Hall–Kier alpha value is -0.200. The van der Waals surface area contributed by atoms with Gasteiger partial charge < -0.3 is 27.3 Å². The molecule has 0 saturated carbocycles. The summed E-state index contributed by atoms with van der Waals surface area (Å²) in [5.74, 6) is 0. The molecule has 32 heavy (non-hydrogen) atoms. The Morgan fingerprint density at radius 3 is 0.812 bits per heavy atom. The van der Waals surface area contributed by atoms with Crippen molar-refractivity contribution < 1.29 is 52.6 Å². The molecule has 2 aromatic carbocycles. The maximum absolute atomic E-state index is 11.7. The molecule has 0 saturated heterocycles. The summed E-state index contributed by atoms with van der Waals surface area (Å²) in [5.41, 5.74) is 0. The van der Waals surface area contributed by atoms with Gasteiger partial charge in [0.25, 0.3) is 0 Å². The fourth-order valence-corrected chi connectivity index (χ4v) is 9.66. The summed E-state index contributed by atoms with van der Waals surface area (Å²) < 4.78 is 126. The van der Waals surface area contributed by atoms with Gasteiger partial charge in [-0.15, -0.1) is 0 Å². The zero-order valence-corrected chi connectivity index (χ0v) is 21.2. The molecular weight excluding hydrogens is 593 g/mol. The van der Waals surface area contributed by atoms with E-state index >= 15 is 0 Å². The second kappa shape index (κ2) is 12.0. The molecule has 0 amide bonds. The van der Waals surface area contributed by atoms with Gasteiger partial charge in [0, 0.05) is 0 Å². The van der Waals surface area contributed by atoms with Gasteiger partial charge in [0.2, 0.25) is 0 Å². The van der Waals surface area contributed by atoms with Crippen LogP contribution >= 0.6 is 21.6 Å². The van der Waals surface area contributed by atoms with Gasteiger partial charge in [0.1, 0.15) is 0 Å². The van der Waals surface area contributed by atoms with E-state index in [1.165, 1.54) is 0 Å². The molecule has 0 radical (unpaired) electrons. The van der Waals surface area contributed by atoms with Crippen molar-refractivity contribution in [3.63, 3.8) is 0 Å². The molecule has 0 heterocycles. The minimum atomic E-state index is -2.81. The van der Waals surface area contributed by atoms with Gasteiger partial charge in [0.15, 0.2) is 66.5 Å². The average Bonchev–Trinajstić information content (AvgIpc) is 2.70. The Morgan fingerprint density at radius 1 is 0.438 bits per heavy atom. The molecule has 2 rings (SSSR count). The predicted octanol–water partition coefficient (Wildman–Crippen LogP) is 1.97. The highest BCUT2D eigenvalue weighted by atomic mass is 33.1. The van der Waals surface area contributed by atoms with Gasteiger partial charge in [-0.3, -0.25) is 0 Å². The highest BCUT2D eigenvalue weighted by Gasteiger charge is 2.25. The van der Waals surface area contributed by atoms with E-state index in [1.54, 1.807) is 0 Å². The van der Waals surface area contributed by atoms with E-state index in [1.807, 2.05) is 0 Å². The Morgan fingerprint density at radius 2 is 0.656 bits per heavy atom.